The van der Waals surface area contributed by atoms with Crippen molar-refractivity contribution in [2.45, 2.75) is 32.8 Å². The lowest BCUT2D eigenvalue weighted by Crippen LogP contribution is -2.15. The second-order valence-electron chi connectivity index (χ2n) is 4.48. The first-order valence-electron chi connectivity index (χ1n) is 7.48. The normalized spacial score (nSPS) is 16.7. The molecule has 1 aromatic carbocycles. The van der Waals surface area contributed by atoms with Crippen molar-refractivity contribution in [3.63, 3.8) is 0 Å². The zero-order valence-corrected chi connectivity index (χ0v) is 12.9. The monoisotopic (exact) mass is 290 g/mol. The standard InChI is InChI=1S/C15H20N2O2.C2H6/c16-12-2-6-14(7-3-12)18-10-1-11-19-15-8-4-13(17)5-9-15;1-2/h2-8,15H,1,9-11,16-17H2;1-2H3. The summed E-state index contributed by atoms with van der Waals surface area (Å²) in [5, 5.41) is 0. The molecule has 4 nitrogen and oxygen atoms in total. The highest BCUT2D eigenvalue weighted by atomic mass is 16.5. The minimum atomic E-state index is 0.142. The second kappa shape index (κ2) is 9.88. The molecule has 2 rings (SSSR count). The van der Waals surface area contributed by atoms with Gasteiger partial charge in [-0.05, 0) is 36.8 Å². The maximum atomic E-state index is 5.70. The van der Waals surface area contributed by atoms with Crippen molar-refractivity contribution in [2.24, 2.45) is 5.73 Å². The molecule has 1 aliphatic rings. The summed E-state index contributed by atoms with van der Waals surface area (Å²) in [4.78, 5) is 0. The molecule has 0 aromatic heterocycles. The first-order valence-corrected chi connectivity index (χ1v) is 7.48. The Balaban J connectivity index is 0.00000106. The third kappa shape index (κ3) is 6.86. The zero-order valence-electron chi connectivity index (χ0n) is 12.9. The number of anilines is 1. The number of allylic oxidation sites excluding steroid dienone is 1. The van der Waals surface area contributed by atoms with Gasteiger partial charge in [-0.3, -0.25) is 0 Å². The highest BCUT2D eigenvalue weighted by Gasteiger charge is 2.07. The Hall–Kier alpha value is -1.94. The molecule has 0 amide bonds. The van der Waals surface area contributed by atoms with Crippen LogP contribution in [-0.2, 0) is 4.74 Å². The Morgan fingerprint density at radius 2 is 1.81 bits per heavy atom. The van der Waals surface area contributed by atoms with E-state index < -0.39 is 0 Å². The van der Waals surface area contributed by atoms with Crippen LogP contribution in [0.4, 0.5) is 5.69 Å². The summed E-state index contributed by atoms with van der Waals surface area (Å²) in [5.74, 6) is 0.836. The van der Waals surface area contributed by atoms with Crippen molar-refractivity contribution in [1.29, 1.82) is 0 Å². The summed E-state index contributed by atoms with van der Waals surface area (Å²) in [5.41, 5.74) is 12.8. The van der Waals surface area contributed by atoms with Gasteiger partial charge in [-0.1, -0.05) is 26.0 Å². The Morgan fingerprint density at radius 1 is 1.10 bits per heavy atom. The van der Waals surface area contributed by atoms with Gasteiger partial charge in [0.05, 0.1) is 19.3 Å². The Bertz CT molecular complexity index is 452. The molecule has 0 fully saturated rings. The molecule has 0 saturated heterocycles. The van der Waals surface area contributed by atoms with E-state index in [1.165, 1.54) is 0 Å². The van der Waals surface area contributed by atoms with E-state index in [9.17, 15) is 0 Å². The van der Waals surface area contributed by atoms with E-state index in [1.54, 1.807) is 0 Å². The van der Waals surface area contributed by atoms with Crippen LogP contribution < -0.4 is 16.2 Å². The smallest absolute Gasteiger partial charge is 0.119 e. The molecule has 116 valence electrons. The molecular weight excluding hydrogens is 264 g/mol. The first kappa shape index (κ1) is 17.1. The molecule has 0 heterocycles. The quantitative estimate of drug-likeness (QED) is 0.623. The van der Waals surface area contributed by atoms with E-state index in [-0.39, 0.29) is 6.10 Å². The number of ether oxygens (including phenoxy) is 2. The van der Waals surface area contributed by atoms with Crippen LogP contribution in [0.5, 0.6) is 5.75 Å². The molecule has 1 aliphatic carbocycles. The lowest BCUT2D eigenvalue weighted by Gasteiger charge is -2.15. The lowest BCUT2D eigenvalue weighted by molar-refractivity contribution is 0.0762. The topological polar surface area (TPSA) is 70.5 Å². The molecule has 4 heteroatoms. The van der Waals surface area contributed by atoms with Crippen LogP contribution in [0.2, 0.25) is 0 Å². The van der Waals surface area contributed by atoms with Crippen molar-refractivity contribution >= 4 is 5.69 Å². The average Bonchev–Trinajstić information content (AvgIpc) is 2.53. The largest absolute Gasteiger partial charge is 0.494 e. The third-order valence-corrected chi connectivity index (χ3v) is 2.86. The number of rotatable bonds is 6. The van der Waals surface area contributed by atoms with Gasteiger partial charge in [-0.25, -0.2) is 0 Å². The first-order chi connectivity index (χ1) is 10.2. The van der Waals surface area contributed by atoms with Crippen LogP contribution >= 0.6 is 0 Å². The molecule has 0 radical (unpaired) electrons. The van der Waals surface area contributed by atoms with Crippen LogP contribution in [-0.4, -0.2) is 19.3 Å². The summed E-state index contributed by atoms with van der Waals surface area (Å²) < 4.78 is 11.3. The lowest BCUT2D eigenvalue weighted by atomic mass is 10.1. The van der Waals surface area contributed by atoms with Crippen molar-refractivity contribution in [3.05, 3.63) is 48.2 Å². The predicted octanol–water partition coefficient (Wildman–Crippen LogP) is 3.25. The second-order valence-corrected chi connectivity index (χ2v) is 4.48. The molecule has 1 aromatic rings. The molecular formula is C17H26N2O2. The van der Waals surface area contributed by atoms with Crippen LogP contribution in [0.1, 0.15) is 26.7 Å². The minimum absolute atomic E-state index is 0.142. The molecule has 21 heavy (non-hydrogen) atoms. The molecule has 0 bridgehead atoms. The maximum absolute atomic E-state index is 5.70. The Labute approximate surface area is 127 Å². The number of nitrogen functional groups attached to an aromatic ring is 1. The van der Waals surface area contributed by atoms with Gasteiger partial charge in [0, 0.05) is 17.8 Å². The fourth-order valence-electron chi connectivity index (χ4n) is 1.79. The highest BCUT2D eigenvalue weighted by molar-refractivity contribution is 5.41. The Kier molecular flexibility index (Phi) is 8.05. The summed E-state index contributed by atoms with van der Waals surface area (Å²) in [6, 6.07) is 7.39. The average molecular weight is 290 g/mol. The zero-order chi connectivity index (χ0) is 15.5. The summed E-state index contributed by atoms with van der Waals surface area (Å²) in [7, 11) is 0. The summed E-state index contributed by atoms with van der Waals surface area (Å²) >= 11 is 0. The van der Waals surface area contributed by atoms with Crippen LogP contribution in [0.25, 0.3) is 0 Å². The van der Waals surface area contributed by atoms with Crippen molar-refractivity contribution < 1.29 is 9.47 Å². The van der Waals surface area contributed by atoms with Crippen LogP contribution in [0.3, 0.4) is 0 Å². The van der Waals surface area contributed by atoms with Gasteiger partial charge in [0.1, 0.15) is 5.75 Å². The molecule has 0 aliphatic heterocycles. The van der Waals surface area contributed by atoms with Gasteiger partial charge in [0.25, 0.3) is 0 Å². The summed E-state index contributed by atoms with van der Waals surface area (Å²) in [6.45, 7) is 5.32. The van der Waals surface area contributed by atoms with Crippen molar-refractivity contribution in [1.82, 2.24) is 0 Å². The molecule has 0 saturated carbocycles. The van der Waals surface area contributed by atoms with Gasteiger partial charge >= 0.3 is 0 Å². The van der Waals surface area contributed by atoms with Gasteiger partial charge < -0.3 is 20.9 Å². The molecule has 1 atom stereocenters. The number of hydrogen-bond acceptors (Lipinski definition) is 4. The van der Waals surface area contributed by atoms with Gasteiger partial charge in [-0.2, -0.15) is 0 Å². The summed E-state index contributed by atoms with van der Waals surface area (Å²) in [6.07, 6.45) is 7.71. The highest BCUT2D eigenvalue weighted by Crippen LogP contribution is 2.14. The van der Waals surface area contributed by atoms with Crippen LogP contribution in [0.15, 0.2) is 48.2 Å². The number of benzene rings is 1. The fraction of sp³-hybridized carbons (Fsp3) is 0.412. The van der Waals surface area contributed by atoms with Gasteiger partial charge in [0.15, 0.2) is 0 Å². The fourth-order valence-corrected chi connectivity index (χ4v) is 1.79. The van der Waals surface area contributed by atoms with Crippen LogP contribution in [0, 0.1) is 0 Å². The van der Waals surface area contributed by atoms with E-state index in [0.717, 1.165) is 30.0 Å². The molecule has 1 unspecified atom stereocenters. The van der Waals surface area contributed by atoms with E-state index in [0.29, 0.717) is 13.2 Å². The van der Waals surface area contributed by atoms with E-state index in [4.69, 9.17) is 20.9 Å². The van der Waals surface area contributed by atoms with Gasteiger partial charge in [0.2, 0.25) is 0 Å². The SMILES string of the molecule is CC.NC1=CCC(OCCCOc2ccc(N)cc2)C=C1. The minimum Gasteiger partial charge on any atom is -0.494 e. The molecule has 0 spiro atoms. The van der Waals surface area contributed by atoms with E-state index in [2.05, 4.69) is 0 Å². The third-order valence-electron chi connectivity index (χ3n) is 2.86. The predicted molar refractivity (Wildman–Crippen MR) is 88.1 cm³/mol. The van der Waals surface area contributed by atoms with Crippen molar-refractivity contribution in [3.8, 4) is 5.75 Å². The van der Waals surface area contributed by atoms with E-state index in [1.807, 2.05) is 56.3 Å². The Morgan fingerprint density at radius 3 is 2.43 bits per heavy atom. The maximum Gasteiger partial charge on any atom is 0.119 e. The van der Waals surface area contributed by atoms with Crippen molar-refractivity contribution in [2.75, 3.05) is 18.9 Å². The van der Waals surface area contributed by atoms with E-state index >= 15 is 0 Å². The number of hydrogen-bond donors (Lipinski definition) is 2. The molecule has 4 N–H and O–H groups in total. The number of nitrogens with two attached hydrogens (primary N) is 2. The van der Waals surface area contributed by atoms with Gasteiger partial charge in [-0.15, -0.1) is 0 Å².